The molecule has 0 fully saturated rings. The van der Waals surface area contributed by atoms with Gasteiger partial charge in [-0.2, -0.15) is 5.01 Å². The van der Waals surface area contributed by atoms with Crippen molar-refractivity contribution in [3.05, 3.63) is 25.7 Å². The van der Waals surface area contributed by atoms with Gasteiger partial charge in [-0.1, -0.05) is 0 Å². The first-order valence-corrected chi connectivity index (χ1v) is 4.09. The van der Waals surface area contributed by atoms with Gasteiger partial charge >= 0.3 is 5.69 Å². The Morgan fingerprint density at radius 2 is 1.88 bits per heavy atom. The van der Waals surface area contributed by atoms with Crippen molar-refractivity contribution in [2.75, 3.05) is 10.7 Å². The lowest BCUT2D eigenvalue weighted by Gasteiger charge is -2.13. The van der Waals surface area contributed by atoms with E-state index >= 15 is 0 Å². The van der Waals surface area contributed by atoms with E-state index in [2.05, 4.69) is 5.29 Å². The maximum Gasteiger partial charge on any atom is 0.332 e. The Balaban J connectivity index is 3.77. The predicted octanol–water partition coefficient (Wildman–Crippen LogP) is -1.69. The van der Waals surface area contributed by atoms with Crippen molar-refractivity contribution in [2.45, 2.75) is 0 Å². The molecule has 0 aliphatic rings. The average molecular weight is 227 g/mol. The second-order valence-electron chi connectivity index (χ2n) is 2.97. The molecule has 1 aromatic rings. The number of aromatic nitrogens is 2. The SMILES string of the molecule is Cn1c(N)c(N(C=O)N=O)c(=O)n(C)c1=O. The fraction of sp³-hybridized carbons (Fsp3) is 0.286. The molecule has 2 N–H and O–H groups in total. The first kappa shape index (κ1) is 11.6. The van der Waals surface area contributed by atoms with Crippen LogP contribution in [-0.2, 0) is 18.9 Å². The maximum atomic E-state index is 11.6. The van der Waals surface area contributed by atoms with Crippen LogP contribution in [0.2, 0.25) is 0 Å². The number of rotatable bonds is 3. The topological polar surface area (TPSA) is 120 Å². The summed E-state index contributed by atoms with van der Waals surface area (Å²) in [4.78, 5) is 43.8. The summed E-state index contributed by atoms with van der Waals surface area (Å²) in [5.74, 6) is -0.306. The second kappa shape index (κ2) is 3.96. The monoisotopic (exact) mass is 227 g/mol. The Hall–Kier alpha value is -2.45. The van der Waals surface area contributed by atoms with Gasteiger partial charge < -0.3 is 5.73 Å². The van der Waals surface area contributed by atoms with Crippen molar-refractivity contribution in [2.24, 2.45) is 19.4 Å². The highest BCUT2D eigenvalue weighted by Crippen LogP contribution is 2.14. The number of carbonyl (C=O) groups is 1. The molecule has 0 saturated heterocycles. The van der Waals surface area contributed by atoms with Crippen LogP contribution < -0.4 is 22.0 Å². The molecule has 0 bridgehead atoms. The number of hydrogen-bond donors (Lipinski definition) is 1. The summed E-state index contributed by atoms with van der Waals surface area (Å²) in [6.45, 7) is 0. The Morgan fingerprint density at radius 3 is 2.31 bits per heavy atom. The summed E-state index contributed by atoms with van der Waals surface area (Å²) in [6, 6.07) is 0. The zero-order valence-corrected chi connectivity index (χ0v) is 8.58. The minimum Gasteiger partial charge on any atom is -0.383 e. The van der Waals surface area contributed by atoms with Gasteiger partial charge in [0.15, 0.2) is 5.69 Å². The Labute approximate surface area is 88.6 Å². The smallest absolute Gasteiger partial charge is 0.332 e. The van der Waals surface area contributed by atoms with E-state index in [4.69, 9.17) is 5.73 Å². The summed E-state index contributed by atoms with van der Waals surface area (Å²) in [5.41, 5.74) is 3.47. The molecule has 0 aliphatic heterocycles. The zero-order valence-electron chi connectivity index (χ0n) is 8.58. The normalized spacial score (nSPS) is 9.88. The molecule has 9 heteroatoms. The first-order valence-electron chi connectivity index (χ1n) is 4.09. The van der Waals surface area contributed by atoms with Crippen molar-refractivity contribution in [3.63, 3.8) is 0 Å². The standard InChI is InChI=1S/C7H9N5O4/c1-10-5(8)4(12(3-13)9-16)6(14)11(2)7(10)15/h3H,8H2,1-2H3. The van der Waals surface area contributed by atoms with Gasteiger partial charge in [-0.3, -0.25) is 18.7 Å². The molecule has 86 valence electrons. The Morgan fingerprint density at radius 1 is 1.31 bits per heavy atom. The number of anilines is 2. The summed E-state index contributed by atoms with van der Waals surface area (Å²) < 4.78 is 1.64. The van der Waals surface area contributed by atoms with Crippen LogP contribution in [0.15, 0.2) is 14.9 Å². The number of nitrogen functional groups attached to an aromatic ring is 1. The lowest BCUT2D eigenvalue weighted by molar-refractivity contribution is -0.107. The number of nitroso groups, excluding NO2 is 1. The minimum atomic E-state index is -0.868. The van der Waals surface area contributed by atoms with E-state index in [1.807, 2.05) is 0 Å². The van der Waals surface area contributed by atoms with Crippen LogP contribution in [-0.4, -0.2) is 15.5 Å². The van der Waals surface area contributed by atoms with Crippen LogP contribution in [0.5, 0.6) is 0 Å². The molecule has 0 radical (unpaired) electrons. The molecule has 1 rings (SSSR count). The van der Waals surface area contributed by atoms with Crippen LogP contribution in [0.3, 0.4) is 0 Å². The van der Waals surface area contributed by atoms with E-state index in [0.717, 1.165) is 4.57 Å². The number of hydrogen-bond acceptors (Lipinski definition) is 6. The fourth-order valence-corrected chi connectivity index (χ4v) is 1.17. The third-order valence-corrected chi connectivity index (χ3v) is 2.10. The van der Waals surface area contributed by atoms with Gasteiger partial charge in [-0.25, -0.2) is 4.79 Å². The van der Waals surface area contributed by atoms with Crippen LogP contribution in [0.1, 0.15) is 0 Å². The van der Waals surface area contributed by atoms with Crippen LogP contribution in [0, 0.1) is 4.91 Å². The molecule has 0 unspecified atom stereocenters. The number of nitrogens with two attached hydrogens (primary N) is 1. The van der Waals surface area contributed by atoms with Crippen molar-refractivity contribution < 1.29 is 4.79 Å². The van der Waals surface area contributed by atoms with Gasteiger partial charge in [0.2, 0.25) is 6.41 Å². The molecule has 0 aliphatic carbocycles. The summed E-state index contributed by atoms with van der Waals surface area (Å²) in [7, 11) is 2.50. The Bertz CT molecular complexity index is 549. The lowest BCUT2D eigenvalue weighted by atomic mass is 10.4. The number of amides is 1. The van der Waals surface area contributed by atoms with E-state index in [-0.39, 0.29) is 17.2 Å². The van der Waals surface area contributed by atoms with Gasteiger partial charge in [0.1, 0.15) is 5.82 Å². The molecule has 16 heavy (non-hydrogen) atoms. The first-order chi connectivity index (χ1) is 7.45. The number of carbonyl (C=O) groups excluding carboxylic acids is 1. The minimum absolute atomic E-state index is 0.0323. The van der Waals surface area contributed by atoms with Gasteiger partial charge in [0, 0.05) is 14.1 Å². The molecule has 0 saturated carbocycles. The highest BCUT2D eigenvalue weighted by atomic mass is 16.3. The van der Waals surface area contributed by atoms with Gasteiger partial charge in [-0.05, 0) is 0 Å². The largest absolute Gasteiger partial charge is 0.383 e. The molecule has 0 atom stereocenters. The van der Waals surface area contributed by atoms with Crippen molar-refractivity contribution in [1.82, 2.24) is 9.13 Å². The van der Waals surface area contributed by atoms with Crippen LogP contribution in [0.4, 0.5) is 11.5 Å². The fourth-order valence-electron chi connectivity index (χ4n) is 1.17. The average Bonchev–Trinajstić information content (AvgIpc) is 2.29. The van der Waals surface area contributed by atoms with Crippen molar-refractivity contribution in [3.8, 4) is 0 Å². The third kappa shape index (κ3) is 1.47. The molecule has 1 aromatic heterocycles. The molecule has 9 nitrogen and oxygen atoms in total. The van der Waals surface area contributed by atoms with Crippen LogP contribution >= 0.6 is 0 Å². The van der Waals surface area contributed by atoms with Crippen molar-refractivity contribution in [1.29, 1.82) is 0 Å². The van der Waals surface area contributed by atoms with E-state index in [1.54, 1.807) is 0 Å². The predicted molar refractivity (Wildman–Crippen MR) is 55.7 cm³/mol. The van der Waals surface area contributed by atoms with E-state index in [1.165, 1.54) is 14.1 Å². The summed E-state index contributed by atoms with van der Waals surface area (Å²) in [5, 5.41) is 2.55. The summed E-state index contributed by atoms with van der Waals surface area (Å²) >= 11 is 0. The van der Waals surface area contributed by atoms with Gasteiger partial charge in [0.25, 0.3) is 5.56 Å². The lowest BCUT2D eigenvalue weighted by Crippen LogP contribution is -2.41. The van der Waals surface area contributed by atoms with Gasteiger partial charge in [0.05, 0.1) is 5.29 Å². The quantitative estimate of drug-likeness (QED) is 0.375. The number of nitrogens with zero attached hydrogens (tertiary/aromatic N) is 4. The van der Waals surface area contributed by atoms with Crippen LogP contribution in [0.25, 0.3) is 0 Å². The molecular weight excluding hydrogens is 218 g/mol. The summed E-state index contributed by atoms with van der Waals surface area (Å²) in [6.07, 6.45) is 0.0323. The molecule has 1 heterocycles. The molecule has 0 spiro atoms. The molecule has 1 amide bonds. The van der Waals surface area contributed by atoms with E-state index in [9.17, 15) is 19.3 Å². The highest BCUT2D eigenvalue weighted by molar-refractivity contribution is 5.79. The zero-order chi connectivity index (χ0) is 12.5. The van der Waals surface area contributed by atoms with E-state index in [0.29, 0.717) is 4.57 Å². The van der Waals surface area contributed by atoms with Gasteiger partial charge in [-0.15, -0.1) is 4.91 Å². The highest BCUT2D eigenvalue weighted by Gasteiger charge is 2.19. The molecular formula is C7H9N5O4. The third-order valence-electron chi connectivity index (χ3n) is 2.10. The Kier molecular flexibility index (Phi) is 2.88. The maximum absolute atomic E-state index is 11.6. The van der Waals surface area contributed by atoms with Crippen molar-refractivity contribution >= 4 is 17.9 Å². The molecule has 0 aromatic carbocycles. The second-order valence-corrected chi connectivity index (χ2v) is 2.97. The van der Waals surface area contributed by atoms with E-state index < -0.39 is 16.9 Å².